The van der Waals surface area contributed by atoms with Crippen LogP contribution in [0.4, 0.5) is 0 Å². The third kappa shape index (κ3) is 1.52. The van der Waals surface area contributed by atoms with E-state index in [0.717, 1.165) is 0 Å². The third-order valence-electron chi connectivity index (χ3n) is 1.52. The summed E-state index contributed by atoms with van der Waals surface area (Å²) in [5.74, 6) is 0.0313. The van der Waals surface area contributed by atoms with Crippen LogP contribution in [0.15, 0.2) is 12.1 Å². The van der Waals surface area contributed by atoms with Crippen LogP contribution < -0.4 is 9.47 Å². The van der Waals surface area contributed by atoms with Gasteiger partial charge in [-0.1, -0.05) is 0 Å². The molecule has 0 spiro atoms. The molecule has 0 saturated carbocycles. The Hall–Kier alpha value is -1.18. The smallest absolute Gasteiger partial charge is 0.122 e. The lowest BCUT2D eigenvalue weighted by Crippen LogP contribution is -1.92. The number of rotatable bonds is 2. The SMILES string of the molecule is [2H]C([2H])([2H])c1cc(OC)c(C([2H])([2H])[2H])cc1OC. The molecule has 66 valence electrons. The fourth-order valence-corrected chi connectivity index (χ4v) is 0.898. The average molecular weight is 172 g/mol. The Bertz CT molecular complexity index is 393. The molecule has 1 rings (SSSR count). The zero-order chi connectivity index (χ0) is 14.1. The lowest BCUT2D eigenvalue weighted by Gasteiger charge is -2.09. The maximum Gasteiger partial charge on any atom is 0.122 e. The van der Waals surface area contributed by atoms with Gasteiger partial charge in [0, 0.05) is 8.22 Å². The van der Waals surface area contributed by atoms with E-state index in [1.807, 2.05) is 0 Å². The number of ether oxygens (including phenoxy) is 2. The molecule has 0 heterocycles. The summed E-state index contributed by atoms with van der Waals surface area (Å²) in [5, 5.41) is 0. The Kier molecular flexibility index (Phi) is 1.07. The number of hydrogen-bond acceptors (Lipinski definition) is 2. The van der Waals surface area contributed by atoms with Gasteiger partial charge in [-0.15, -0.1) is 0 Å². The minimum Gasteiger partial charge on any atom is -0.496 e. The Morgan fingerprint density at radius 3 is 1.67 bits per heavy atom. The molecule has 1 aromatic carbocycles. The predicted octanol–water partition coefficient (Wildman–Crippen LogP) is 2.32. The van der Waals surface area contributed by atoms with E-state index in [2.05, 4.69) is 0 Å². The predicted molar refractivity (Wildman–Crippen MR) is 49.0 cm³/mol. The van der Waals surface area contributed by atoms with Gasteiger partial charge >= 0.3 is 0 Å². The van der Waals surface area contributed by atoms with Crippen molar-refractivity contribution in [2.75, 3.05) is 14.2 Å². The van der Waals surface area contributed by atoms with E-state index in [1.54, 1.807) is 0 Å². The van der Waals surface area contributed by atoms with Crippen LogP contribution in [0.5, 0.6) is 11.5 Å². The first kappa shape index (κ1) is 3.69. The van der Waals surface area contributed by atoms with Crippen LogP contribution in [0, 0.1) is 13.7 Å². The molecule has 0 saturated heterocycles. The molecule has 0 aliphatic rings. The molecule has 0 aliphatic heterocycles. The summed E-state index contributed by atoms with van der Waals surface area (Å²) in [6.45, 7) is -4.79. The largest absolute Gasteiger partial charge is 0.496 e. The molecule has 0 unspecified atom stereocenters. The topological polar surface area (TPSA) is 18.5 Å². The summed E-state index contributed by atoms with van der Waals surface area (Å²) in [6.07, 6.45) is 0. The first-order valence-corrected chi connectivity index (χ1v) is 3.38. The molecular weight excluding hydrogens is 152 g/mol. The maximum absolute atomic E-state index is 7.37. The molecule has 0 bridgehead atoms. The third-order valence-corrected chi connectivity index (χ3v) is 1.52. The molecule has 0 aliphatic carbocycles. The Labute approximate surface area is 81.5 Å². The second-order valence-corrected chi connectivity index (χ2v) is 2.25. The lowest BCUT2D eigenvalue weighted by molar-refractivity contribution is 0.398. The molecular formula is C10H14O2. The minimum atomic E-state index is -2.40. The van der Waals surface area contributed by atoms with Crippen LogP contribution in [0.2, 0.25) is 0 Å². The summed E-state index contributed by atoms with van der Waals surface area (Å²) >= 11 is 0. The van der Waals surface area contributed by atoms with Gasteiger partial charge in [-0.3, -0.25) is 0 Å². The minimum absolute atomic E-state index is 0.0157. The van der Waals surface area contributed by atoms with Crippen molar-refractivity contribution in [2.24, 2.45) is 0 Å². The van der Waals surface area contributed by atoms with Crippen LogP contribution in [-0.2, 0) is 0 Å². The fraction of sp³-hybridized carbons (Fsp3) is 0.400. The van der Waals surface area contributed by atoms with E-state index in [-0.39, 0.29) is 22.6 Å². The molecule has 1 aromatic rings. The number of benzene rings is 1. The van der Waals surface area contributed by atoms with Crippen molar-refractivity contribution < 1.29 is 17.7 Å². The van der Waals surface area contributed by atoms with Crippen LogP contribution >= 0.6 is 0 Å². The molecule has 0 aromatic heterocycles. The van der Waals surface area contributed by atoms with E-state index in [4.69, 9.17) is 17.7 Å². The highest BCUT2D eigenvalue weighted by Crippen LogP contribution is 2.26. The van der Waals surface area contributed by atoms with Crippen LogP contribution in [-0.4, -0.2) is 14.2 Å². The highest BCUT2D eigenvalue weighted by atomic mass is 16.5. The first-order chi connectivity index (χ1) is 8.11. The van der Waals surface area contributed by atoms with Crippen molar-refractivity contribution in [1.29, 1.82) is 0 Å². The standard InChI is InChI=1S/C10H14O2/c1-7-5-10(12-4)8(2)6-9(7)11-3/h5-6H,1-4H3/i1D3,2D3. The van der Waals surface area contributed by atoms with Crippen LogP contribution in [0.3, 0.4) is 0 Å². The summed E-state index contributed by atoms with van der Waals surface area (Å²) in [4.78, 5) is 0. The molecule has 0 fully saturated rings. The van der Waals surface area contributed by atoms with E-state index in [0.29, 0.717) is 0 Å². The number of methoxy groups -OCH3 is 2. The van der Waals surface area contributed by atoms with Crippen molar-refractivity contribution in [1.82, 2.24) is 0 Å². The fourth-order valence-electron chi connectivity index (χ4n) is 0.898. The Morgan fingerprint density at radius 1 is 1.00 bits per heavy atom. The van der Waals surface area contributed by atoms with Gasteiger partial charge in [0.2, 0.25) is 0 Å². The molecule has 0 radical (unpaired) electrons. The first-order valence-electron chi connectivity index (χ1n) is 6.38. The van der Waals surface area contributed by atoms with E-state index < -0.39 is 13.7 Å². The van der Waals surface area contributed by atoms with Crippen LogP contribution in [0.1, 0.15) is 19.4 Å². The molecule has 0 atom stereocenters. The van der Waals surface area contributed by atoms with Gasteiger partial charge in [0.1, 0.15) is 11.5 Å². The summed E-state index contributed by atoms with van der Waals surface area (Å²) in [6, 6.07) is 2.38. The van der Waals surface area contributed by atoms with Gasteiger partial charge in [-0.25, -0.2) is 0 Å². The maximum atomic E-state index is 7.37. The second kappa shape index (κ2) is 3.48. The molecule has 12 heavy (non-hydrogen) atoms. The highest BCUT2D eigenvalue weighted by molar-refractivity contribution is 5.45. The van der Waals surface area contributed by atoms with Crippen molar-refractivity contribution in [3.05, 3.63) is 23.3 Å². The normalized spacial score (nSPS) is 19.2. The average Bonchev–Trinajstić information content (AvgIpc) is 2.24. The van der Waals surface area contributed by atoms with E-state index in [9.17, 15) is 0 Å². The van der Waals surface area contributed by atoms with Gasteiger partial charge in [-0.05, 0) is 37.0 Å². The summed E-state index contributed by atoms with van der Waals surface area (Å²) in [5.41, 5.74) is -0.148. The zero-order valence-electron chi connectivity index (χ0n) is 13.0. The van der Waals surface area contributed by atoms with E-state index >= 15 is 0 Å². The molecule has 2 nitrogen and oxygen atoms in total. The highest BCUT2D eigenvalue weighted by Gasteiger charge is 2.03. The van der Waals surface area contributed by atoms with Gasteiger partial charge in [0.15, 0.2) is 0 Å². The van der Waals surface area contributed by atoms with E-state index in [1.165, 1.54) is 26.4 Å². The van der Waals surface area contributed by atoms with Crippen molar-refractivity contribution in [2.45, 2.75) is 13.7 Å². The van der Waals surface area contributed by atoms with Crippen LogP contribution in [0.25, 0.3) is 0 Å². The zero-order valence-corrected chi connectivity index (χ0v) is 6.97. The monoisotopic (exact) mass is 172 g/mol. The van der Waals surface area contributed by atoms with Gasteiger partial charge in [-0.2, -0.15) is 0 Å². The molecule has 2 heteroatoms. The van der Waals surface area contributed by atoms with Crippen molar-refractivity contribution in [3.63, 3.8) is 0 Å². The molecule has 0 amide bonds. The number of hydrogen-bond donors (Lipinski definition) is 0. The molecule has 0 N–H and O–H groups in total. The van der Waals surface area contributed by atoms with Crippen molar-refractivity contribution >= 4 is 0 Å². The van der Waals surface area contributed by atoms with Crippen molar-refractivity contribution in [3.8, 4) is 11.5 Å². The van der Waals surface area contributed by atoms with Gasteiger partial charge in [0.05, 0.1) is 14.2 Å². The Morgan fingerprint density at radius 2 is 1.42 bits per heavy atom. The summed E-state index contributed by atoms with van der Waals surface area (Å²) in [7, 11) is 2.58. The van der Waals surface area contributed by atoms with Gasteiger partial charge < -0.3 is 9.47 Å². The van der Waals surface area contributed by atoms with Gasteiger partial charge in [0.25, 0.3) is 0 Å². The Balaban J connectivity index is 3.52. The lowest BCUT2D eigenvalue weighted by atomic mass is 10.1. The second-order valence-electron chi connectivity index (χ2n) is 2.25. The summed E-state index contributed by atoms with van der Waals surface area (Å²) < 4.78 is 54.1. The quantitative estimate of drug-likeness (QED) is 0.681. The number of aryl methyl sites for hydroxylation is 2.